The van der Waals surface area contributed by atoms with Crippen LogP contribution in [-0.4, -0.2) is 30.3 Å². The average Bonchev–Trinajstić information content (AvgIpc) is 3.01. The molecule has 0 aliphatic carbocycles. The predicted octanol–water partition coefficient (Wildman–Crippen LogP) is 2.39. The van der Waals surface area contributed by atoms with Crippen LogP contribution >= 0.6 is 11.6 Å². The molecule has 23 heavy (non-hydrogen) atoms. The fourth-order valence-corrected chi connectivity index (χ4v) is 2.12. The van der Waals surface area contributed by atoms with Gasteiger partial charge in [-0.15, -0.1) is 0 Å². The van der Waals surface area contributed by atoms with Crippen molar-refractivity contribution in [1.29, 1.82) is 0 Å². The molecule has 1 amide bonds. The van der Waals surface area contributed by atoms with E-state index in [2.05, 4.69) is 20.5 Å². The van der Waals surface area contributed by atoms with Crippen molar-refractivity contribution < 1.29 is 18.0 Å². The fraction of sp³-hybridized carbons (Fsp3) is 0.167. The van der Waals surface area contributed by atoms with Crippen LogP contribution in [0.4, 0.5) is 18.9 Å². The van der Waals surface area contributed by atoms with Gasteiger partial charge in [0.05, 0.1) is 11.9 Å². The molecule has 7 nitrogen and oxygen atoms in total. The second kappa shape index (κ2) is 5.23. The topological polar surface area (TPSA) is 77.1 Å². The van der Waals surface area contributed by atoms with E-state index in [1.165, 1.54) is 30.0 Å². The van der Waals surface area contributed by atoms with Crippen LogP contribution in [0.5, 0.6) is 0 Å². The Labute approximate surface area is 131 Å². The van der Waals surface area contributed by atoms with Gasteiger partial charge in [0.1, 0.15) is 10.7 Å². The van der Waals surface area contributed by atoms with E-state index in [1.807, 2.05) is 0 Å². The van der Waals surface area contributed by atoms with E-state index in [0.29, 0.717) is 0 Å². The number of anilines is 1. The highest BCUT2D eigenvalue weighted by Gasteiger charge is 2.37. The summed E-state index contributed by atoms with van der Waals surface area (Å²) in [6.07, 6.45) is -0.955. The van der Waals surface area contributed by atoms with Crippen molar-refractivity contribution in [2.24, 2.45) is 7.05 Å². The Kier molecular flexibility index (Phi) is 3.48. The maximum Gasteiger partial charge on any atom is 0.437 e. The molecule has 0 aliphatic rings. The molecule has 0 saturated heterocycles. The minimum atomic E-state index is -4.69. The lowest BCUT2D eigenvalue weighted by molar-refractivity contribution is -0.140. The SMILES string of the molecule is Cn1cc(NC(=O)c2cnn3ccc(Cl)nc23)c(C(F)(F)F)n1. The Morgan fingerprint density at radius 1 is 1.39 bits per heavy atom. The van der Waals surface area contributed by atoms with E-state index < -0.39 is 23.5 Å². The summed E-state index contributed by atoms with van der Waals surface area (Å²) in [7, 11) is 1.32. The quantitative estimate of drug-likeness (QED) is 0.724. The normalized spacial score (nSPS) is 11.9. The van der Waals surface area contributed by atoms with Crippen molar-refractivity contribution >= 4 is 28.8 Å². The Hall–Kier alpha value is -2.62. The van der Waals surface area contributed by atoms with Gasteiger partial charge in [-0.05, 0) is 6.07 Å². The van der Waals surface area contributed by atoms with Crippen LogP contribution in [-0.2, 0) is 13.2 Å². The highest BCUT2D eigenvalue weighted by atomic mass is 35.5. The number of amides is 1. The molecule has 0 saturated carbocycles. The highest BCUT2D eigenvalue weighted by molar-refractivity contribution is 6.29. The third-order valence-corrected chi connectivity index (χ3v) is 3.14. The Bertz CT molecular complexity index is 900. The lowest BCUT2D eigenvalue weighted by Gasteiger charge is -2.06. The van der Waals surface area contributed by atoms with Gasteiger partial charge in [0.25, 0.3) is 5.91 Å². The first kappa shape index (κ1) is 15.3. The summed E-state index contributed by atoms with van der Waals surface area (Å²) < 4.78 is 40.9. The monoisotopic (exact) mass is 344 g/mol. The van der Waals surface area contributed by atoms with Gasteiger partial charge in [0, 0.05) is 19.4 Å². The van der Waals surface area contributed by atoms with Crippen LogP contribution < -0.4 is 5.32 Å². The summed E-state index contributed by atoms with van der Waals surface area (Å²) in [5.74, 6) is -0.798. The van der Waals surface area contributed by atoms with Gasteiger partial charge in [0.15, 0.2) is 11.3 Å². The number of alkyl halides is 3. The second-order valence-corrected chi connectivity index (χ2v) is 4.98. The van der Waals surface area contributed by atoms with Gasteiger partial charge in [-0.2, -0.15) is 23.4 Å². The number of aromatic nitrogens is 5. The van der Waals surface area contributed by atoms with Crippen molar-refractivity contribution in [2.75, 3.05) is 5.32 Å². The van der Waals surface area contributed by atoms with E-state index in [4.69, 9.17) is 11.6 Å². The maximum atomic E-state index is 12.9. The van der Waals surface area contributed by atoms with Crippen molar-refractivity contribution in [3.05, 3.63) is 41.1 Å². The van der Waals surface area contributed by atoms with Crippen molar-refractivity contribution in [3.8, 4) is 0 Å². The molecule has 1 N–H and O–H groups in total. The molecule has 3 aromatic heterocycles. The lowest BCUT2D eigenvalue weighted by Crippen LogP contribution is -2.16. The van der Waals surface area contributed by atoms with E-state index in [0.717, 1.165) is 10.9 Å². The predicted molar refractivity (Wildman–Crippen MR) is 74.2 cm³/mol. The Morgan fingerprint density at radius 2 is 2.13 bits per heavy atom. The van der Waals surface area contributed by atoms with E-state index >= 15 is 0 Å². The van der Waals surface area contributed by atoms with Crippen molar-refractivity contribution in [2.45, 2.75) is 6.18 Å². The zero-order valence-corrected chi connectivity index (χ0v) is 12.2. The third kappa shape index (κ3) is 2.84. The van der Waals surface area contributed by atoms with Crippen molar-refractivity contribution in [3.63, 3.8) is 0 Å². The number of carbonyl (C=O) groups is 1. The molecule has 0 aromatic carbocycles. The zero-order chi connectivity index (χ0) is 16.8. The minimum Gasteiger partial charge on any atom is -0.319 e. The number of hydrogen-bond donors (Lipinski definition) is 1. The van der Waals surface area contributed by atoms with Gasteiger partial charge in [0.2, 0.25) is 0 Å². The molecule has 0 radical (unpaired) electrons. The molecule has 3 rings (SSSR count). The number of halogens is 4. The first-order valence-electron chi connectivity index (χ1n) is 6.18. The van der Waals surface area contributed by atoms with Crippen molar-refractivity contribution in [1.82, 2.24) is 24.4 Å². The van der Waals surface area contributed by atoms with E-state index in [-0.39, 0.29) is 16.4 Å². The molecule has 3 aromatic rings. The number of nitrogens with one attached hydrogen (secondary N) is 1. The molecule has 11 heteroatoms. The van der Waals surface area contributed by atoms with E-state index in [9.17, 15) is 18.0 Å². The molecule has 0 atom stereocenters. The molecule has 0 aliphatic heterocycles. The smallest absolute Gasteiger partial charge is 0.319 e. The van der Waals surface area contributed by atoms with Gasteiger partial charge in [-0.25, -0.2) is 9.50 Å². The Morgan fingerprint density at radius 3 is 2.83 bits per heavy atom. The minimum absolute atomic E-state index is 0.00974. The van der Waals surface area contributed by atoms with Gasteiger partial charge >= 0.3 is 6.18 Å². The molecule has 3 heterocycles. The van der Waals surface area contributed by atoms with Crippen LogP contribution in [0.3, 0.4) is 0 Å². The van der Waals surface area contributed by atoms with Crippen LogP contribution in [0, 0.1) is 0 Å². The number of aryl methyl sites for hydroxylation is 1. The van der Waals surface area contributed by atoms with Crippen LogP contribution in [0.1, 0.15) is 16.1 Å². The first-order chi connectivity index (χ1) is 10.8. The summed E-state index contributed by atoms with van der Waals surface area (Å²) in [5, 5.41) is 9.50. The first-order valence-corrected chi connectivity index (χ1v) is 6.55. The summed E-state index contributed by atoms with van der Waals surface area (Å²) in [5.41, 5.74) is -1.51. The summed E-state index contributed by atoms with van der Waals surface area (Å²) in [6.45, 7) is 0. The van der Waals surface area contributed by atoms with Crippen LogP contribution in [0.15, 0.2) is 24.7 Å². The second-order valence-electron chi connectivity index (χ2n) is 4.59. The molecular weight excluding hydrogens is 337 g/mol. The van der Waals surface area contributed by atoms with Crippen LogP contribution in [0.25, 0.3) is 5.65 Å². The zero-order valence-electron chi connectivity index (χ0n) is 11.5. The fourth-order valence-electron chi connectivity index (χ4n) is 1.99. The highest BCUT2D eigenvalue weighted by Crippen LogP contribution is 2.33. The number of nitrogens with zero attached hydrogens (tertiary/aromatic N) is 5. The summed E-state index contributed by atoms with van der Waals surface area (Å²) >= 11 is 5.75. The third-order valence-electron chi connectivity index (χ3n) is 2.93. The molecule has 120 valence electrons. The molecular formula is C12H8ClF3N6O. The summed E-state index contributed by atoms with van der Waals surface area (Å²) in [6, 6.07) is 1.46. The molecule has 0 spiro atoms. The Balaban J connectivity index is 1.97. The van der Waals surface area contributed by atoms with Gasteiger partial charge < -0.3 is 5.32 Å². The standard InChI is InChI=1S/C12H8ClF3N6O/c1-21-5-7(9(20-21)12(14,15)16)18-11(23)6-4-17-22-3-2-8(13)19-10(6)22/h2-5H,1H3,(H,18,23). The van der Waals surface area contributed by atoms with Gasteiger partial charge in [-0.3, -0.25) is 9.48 Å². The molecule has 0 bridgehead atoms. The summed E-state index contributed by atoms with van der Waals surface area (Å²) in [4.78, 5) is 16.2. The molecule has 0 unspecified atom stereocenters. The number of rotatable bonds is 2. The largest absolute Gasteiger partial charge is 0.437 e. The van der Waals surface area contributed by atoms with Crippen LogP contribution in [0.2, 0.25) is 5.15 Å². The number of carbonyl (C=O) groups excluding carboxylic acids is 1. The van der Waals surface area contributed by atoms with E-state index in [1.54, 1.807) is 0 Å². The molecule has 0 fully saturated rings. The number of hydrogen-bond acceptors (Lipinski definition) is 4. The lowest BCUT2D eigenvalue weighted by atomic mass is 10.3. The maximum absolute atomic E-state index is 12.9. The average molecular weight is 345 g/mol. The van der Waals surface area contributed by atoms with Gasteiger partial charge in [-0.1, -0.05) is 11.6 Å². The number of fused-ring (bicyclic) bond motifs is 1.